The Morgan fingerprint density at radius 1 is 1.25 bits per heavy atom. The molecule has 144 valence electrons. The van der Waals surface area contributed by atoms with Crippen LogP contribution in [-0.2, 0) is 0 Å². The zero-order valence-electron chi connectivity index (χ0n) is 15.6. The molecule has 4 rings (SSSR count). The molecule has 0 aliphatic carbocycles. The number of nitrogens with zero attached hydrogens (tertiary/aromatic N) is 3. The fourth-order valence-corrected chi connectivity index (χ4v) is 3.35. The van der Waals surface area contributed by atoms with Gasteiger partial charge in [-0.3, -0.25) is 4.79 Å². The molecule has 7 nitrogen and oxygen atoms in total. The molecule has 2 aromatic carbocycles. The third-order valence-corrected chi connectivity index (χ3v) is 4.88. The molecule has 0 N–H and O–H groups in total. The van der Waals surface area contributed by atoms with Crippen LogP contribution in [0, 0.1) is 0 Å². The number of aromatic nitrogens is 2. The number of ether oxygens (including phenoxy) is 3. The van der Waals surface area contributed by atoms with Crippen molar-refractivity contribution in [2.24, 2.45) is 5.10 Å². The molecule has 28 heavy (non-hydrogen) atoms. The fourth-order valence-electron chi connectivity index (χ4n) is 2.99. The van der Waals surface area contributed by atoms with Gasteiger partial charge in [-0.15, -0.1) is 0 Å². The lowest BCUT2D eigenvalue weighted by Gasteiger charge is -2.12. The first-order valence-corrected chi connectivity index (χ1v) is 9.51. The van der Waals surface area contributed by atoms with Gasteiger partial charge in [0.2, 0.25) is 6.79 Å². The first kappa shape index (κ1) is 18.5. The highest BCUT2D eigenvalue weighted by atomic mass is 79.9. The molecule has 0 fully saturated rings. The lowest BCUT2D eigenvalue weighted by atomic mass is 10.2. The maximum absolute atomic E-state index is 13.1. The summed E-state index contributed by atoms with van der Waals surface area (Å²) in [6.45, 7) is 4.11. The van der Waals surface area contributed by atoms with E-state index in [2.05, 4.69) is 26.0 Å². The van der Waals surface area contributed by atoms with Crippen molar-refractivity contribution < 1.29 is 14.2 Å². The molecule has 0 spiro atoms. The predicted molar refractivity (Wildman–Crippen MR) is 110 cm³/mol. The minimum Gasteiger partial charge on any atom is -0.496 e. The van der Waals surface area contributed by atoms with Crippen molar-refractivity contribution in [3.63, 3.8) is 0 Å². The highest BCUT2D eigenvalue weighted by Crippen LogP contribution is 2.37. The first-order valence-electron chi connectivity index (χ1n) is 8.72. The molecule has 0 unspecified atom stereocenters. The van der Waals surface area contributed by atoms with E-state index in [1.807, 2.05) is 26.0 Å². The summed E-state index contributed by atoms with van der Waals surface area (Å²) < 4.78 is 18.4. The van der Waals surface area contributed by atoms with Crippen LogP contribution in [0.5, 0.6) is 17.2 Å². The molecule has 1 aliphatic heterocycles. The highest BCUT2D eigenvalue weighted by Gasteiger charge is 2.18. The maximum Gasteiger partial charge on any atom is 0.282 e. The Balaban J connectivity index is 1.87. The lowest BCUT2D eigenvalue weighted by molar-refractivity contribution is 0.174. The summed E-state index contributed by atoms with van der Waals surface area (Å²) in [7, 11) is 1.57. The maximum atomic E-state index is 13.1. The van der Waals surface area contributed by atoms with Crippen LogP contribution in [0.25, 0.3) is 10.9 Å². The van der Waals surface area contributed by atoms with Crippen molar-refractivity contribution in [2.75, 3.05) is 13.9 Å². The molecular weight excluding hydrogens is 426 g/mol. The van der Waals surface area contributed by atoms with E-state index in [-0.39, 0.29) is 18.3 Å². The van der Waals surface area contributed by atoms with Gasteiger partial charge in [0.05, 0.1) is 24.2 Å². The highest BCUT2D eigenvalue weighted by molar-refractivity contribution is 9.10. The van der Waals surface area contributed by atoms with Gasteiger partial charge in [0.25, 0.3) is 5.56 Å². The lowest BCUT2D eigenvalue weighted by Crippen LogP contribution is -2.23. The van der Waals surface area contributed by atoms with E-state index in [0.717, 1.165) is 4.47 Å². The van der Waals surface area contributed by atoms with Gasteiger partial charge < -0.3 is 14.2 Å². The van der Waals surface area contributed by atoms with Gasteiger partial charge in [0.15, 0.2) is 11.5 Å². The Morgan fingerprint density at radius 2 is 2.00 bits per heavy atom. The van der Waals surface area contributed by atoms with E-state index in [0.29, 0.717) is 39.5 Å². The van der Waals surface area contributed by atoms with Crippen molar-refractivity contribution in [1.29, 1.82) is 0 Å². The van der Waals surface area contributed by atoms with Crippen molar-refractivity contribution >= 4 is 33.0 Å². The number of halogens is 1. The van der Waals surface area contributed by atoms with Gasteiger partial charge in [-0.1, -0.05) is 29.8 Å². The van der Waals surface area contributed by atoms with Crippen LogP contribution < -0.4 is 19.8 Å². The smallest absolute Gasteiger partial charge is 0.282 e. The Hall–Kier alpha value is -2.87. The van der Waals surface area contributed by atoms with Crippen LogP contribution in [0.15, 0.2) is 44.7 Å². The third-order valence-electron chi connectivity index (χ3n) is 4.39. The van der Waals surface area contributed by atoms with Gasteiger partial charge in [-0.05, 0) is 24.3 Å². The molecule has 0 radical (unpaired) electrons. The number of methoxy groups -OCH3 is 1. The van der Waals surface area contributed by atoms with Gasteiger partial charge >= 0.3 is 0 Å². The van der Waals surface area contributed by atoms with Gasteiger partial charge in [0, 0.05) is 22.0 Å². The second-order valence-electron chi connectivity index (χ2n) is 6.60. The first-order chi connectivity index (χ1) is 13.5. The fraction of sp³-hybridized carbons (Fsp3) is 0.250. The number of rotatable bonds is 4. The standard InChI is InChI=1S/C20H18BrN3O4/c1-11(2)19-23-15-5-4-13(21)7-14(15)20(25)24(19)22-9-12-6-17-18(28-10-27-17)8-16(12)26-3/h4-9,11H,10H2,1-3H3. The molecule has 0 saturated carbocycles. The molecule has 0 saturated heterocycles. The monoisotopic (exact) mass is 443 g/mol. The molecule has 1 aliphatic rings. The molecule has 0 atom stereocenters. The van der Waals surface area contributed by atoms with Crippen molar-refractivity contribution in [1.82, 2.24) is 9.66 Å². The zero-order valence-corrected chi connectivity index (χ0v) is 17.2. The van der Waals surface area contributed by atoms with Gasteiger partial charge in [-0.2, -0.15) is 9.78 Å². The average Bonchev–Trinajstić information content (AvgIpc) is 3.13. The Kier molecular flexibility index (Phi) is 4.80. The largest absolute Gasteiger partial charge is 0.496 e. The van der Waals surface area contributed by atoms with Gasteiger partial charge in [-0.25, -0.2) is 4.98 Å². The Morgan fingerprint density at radius 3 is 2.71 bits per heavy atom. The zero-order chi connectivity index (χ0) is 19.8. The van der Waals surface area contributed by atoms with E-state index in [4.69, 9.17) is 14.2 Å². The van der Waals surface area contributed by atoms with Gasteiger partial charge in [0.1, 0.15) is 11.6 Å². The minimum atomic E-state index is -0.231. The summed E-state index contributed by atoms with van der Waals surface area (Å²) in [4.78, 5) is 17.7. The van der Waals surface area contributed by atoms with E-state index < -0.39 is 0 Å². The normalized spacial score (nSPS) is 13.0. The summed E-state index contributed by atoms with van der Waals surface area (Å²) in [5.74, 6) is 2.39. The average molecular weight is 444 g/mol. The topological polar surface area (TPSA) is 74.9 Å². The van der Waals surface area contributed by atoms with Crippen LogP contribution in [0.1, 0.15) is 31.2 Å². The van der Waals surface area contributed by atoms with Crippen LogP contribution in [0.2, 0.25) is 0 Å². The minimum absolute atomic E-state index is 0.0107. The summed E-state index contributed by atoms with van der Waals surface area (Å²) in [5, 5.41) is 4.93. The predicted octanol–water partition coefficient (Wildman–Crippen LogP) is 3.90. The summed E-state index contributed by atoms with van der Waals surface area (Å²) >= 11 is 3.41. The molecule has 8 heteroatoms. The molecule has 0 bridgehead atoms. The number of hydrogen-bond acceptors (Lipinski definition) is 6. The molecule has 2 heterocycles. The van der Waals surface area contributed by atoms with E-state index in [1.165, 1.54) is 4.68 Å². The molecule has 0 amide bonds. The number of fused-ring (bicyclic) bond motifs is 2. The second kappa shape index (κ2) is 7.27. The molecule has 3 aromatic rings. The van der Waals surface area contributed by atoms with Crippen LogP contribution in [0.4, 0.5) is 0 Å². The third kappa shape index (κ3) is 3.24. The second-order valence-corrected chi connectivity index (χ2v) is 7.51. The molecule has 1 aromatic heterocycles. The Bertz CT molecular complexity index is 1150. The number of hydrogen-bond donors (Lipinski definition) is 0. The summed E-state index contributed by atoms with van der Waals surface area (Å²) in [6, 6.07) is 8.95. The van der Waals surface area contributed by atoms with Crippen molar-refractivity contribution in [3.8, 4) is 17.2 Å². The van der Waals surface area contributed by atoms with Crippen LogP contribution >= 0.6 is 15.9 Å². The summed E-state index contributed by atoms with van der Waals surface area (Å²) in [5.41, 5.74) is 1.08. The Labute approximate surface area is 169 Å². The van der Waals surface area contributed by atoms with Crippen molar-refractivity contribution in [2.45, 2.75) is 19.8 Å². The van der Waals surface area contributed by atoms with Crippen LogP contribution in [-0.4, -0.2) is 29.8 Å². The van der Waals surface area contributed by atoms with E-state index >= 15 is 0 Å². The van der Waals surface area contributed by atoms with Crippen molar-refractivity contribution in [3.05, 3.63) is 56.5 Å². The number of benzene rings is 2. The quantitative estimate of drug-likeness (QED) is 0.571. The van der Waals surface area contributed by atoms with E-state index in [1.54, 1.807) is 31.5 Å². The van der Waals surface area contributed by atoms with E-state index in [9.17, 15) is 4.79 Å². The SMILES string of the molecule is COc1cc2c(cc1C=Nn1c(C(C)C)nc3ccc(Br)cc3c1=O)OCO2. The molecular formula is C20H18BrN3O4. The summed E-state index contributed by atoms with van der Waals surface area (Å²) in [6.07, 6.45) is 1.57. The van der Waals surface area contributed by atoms with Crippen LogP contribution in [0.3, 0.4) is 0 Å².